The van der Waals surface area contributed by atoms with Crippen LogP contribution < -0.4 is 5.32 Å². The van der Waals surface area contributed by atoms with Gasteiger partial charge in [-0.25, -0.2) is 0 Å². The second kappa shape index (κ2) is 5.82. The molecule has 1 saturated heterocycles. The van der Waals surface area contributed by atoms with Gasteiger partial charge in [0.1, 0.15) is 0 Å². The van der Waals surface area contributed by atoms with Gasteiger partial charge in [0.2, 0.25) is 11.8 Å². The fourth-order valence-corrected chi connectivity index (χ4v) is 1.42. The third-order valence-corrected chi connectivity index (χ3v) is 2.30. The fraction of sp³-hybridized carbons (Fsp3) is 0.800. The molecule has 5 nitrogen and oxygen atoms in total. The summed E-state index contributed by atoms with van der Waals surface area (Å²) in [5.41, 5.74) is 0. The molecule has 1 rings (SSSR count). The van der Waals surface area contributed by atoms with Crippen molar-refractivity contribution in [2.24, 2.45) is 0 Å². The third-order valence-electron chi connectivity index (χ3n) is 2.30. The Morgan fingerprint density at radius 2 is 2.20 bits per heavy atom. The Bertz CT molecular complexity index is 243. The summed E-state index contributed by atoms with van der Waals surface area (Å²) in [5.74, 6) is -0.329. The number of ether oxygens (including phenoxy) is 1. The van der Waals surface area contributed by atoms with Crippen molar-refractivity contribution in [3.05, 3.63) is 0 Å². The van der Waals surface area contributed by atoms with E-state index in [-0.39, 0.29) is 24.4 Å². The Morgan fingerprint density at radius 1 is 1.47 bits per heavy atom. The number of imide groups is 1. The number of rotatable bonds is 5. The van der Waals surface area contributed by atoms with Gasteiger partial charge in [-0.2, -0.15) is 0 Å². The van der Waals surface area contributed by atoms with E-state index in [1.165, 1.54) is 4.90 Å². The summed E-state index contributed by atoms with van der Waals surface area (Å²) in [7, 11) is 0. The predicted molar refractivity (Wildman–Crippen MR) is 55.3 cm³/mol. The molecule has 1 aliphatic rings. The number of nitrogens with one attached hydrogen (secondary N) is 1. The van der Waals surface area contributed by atoms with Crippen molar-refractivity contribution in [3.8, 4) is 0 Å². The van der Waals surface area contributed by atoms with Gasteiger partial charge < -0.3 is 4.74 Å². The Labute approximate surface area is 89.8 Å². The van der Waals surface area contributed by atoms with Crippen LogP contribution in [0.2, 0.25) is 0 Å². The highest BCUT2D eigenvalue weighted by molar-refractivity contribution is 6.00. The first-order valence-electron chi connectivity index (χ1n) is 5.32. The van der Waals surface area contributed by atoms with Gasteiger partial charge in [0, 0.05) is 6.61 Å². The molecule has 1 atom stereocenters. The fourth-order valence-electron chi connectivity index (χ4n) is 1.42. The summed E-state index contributed by atoms with van der Waals surface area (Å²) in [6.45, 7) is 5.48. The molecule has 1 fully saturated rings. The maximum atomic E-state index is 11.6. The van der Waals surface area contributed by atoms with Crippen molar-refractivity contribution in [1.29, 1.82) is 0 Å². The standard InChI is InChI=1S/C10H18N2O3/c1-3-5-15-6-4-12-9(13)7-11-8(2)10(12)14/h8,11H,3-7H2,1-2H3. The summed E-state index contributed by atoms with van der Waals surface area (Å²) in [4.78, 5) is 24.3. The highest BCUT2D eigenvalue weighted by Crippen LogP contribution is 2.02. The van der Waals surface area contributed by atoms with E-state index in [1.54, 1.807) is 6.92 Å². The first-order chi connectivity index (χ1) is 7.16. The molecular formula is C10H18N2O3. The van der Waals surface area contributed by atoms with E-state index in [0.717, 1.165) is 6.42 Å². The van der Waals surface area contributed by atoms with Crippen LogP contribution in [0.3, 0.4) is 0 Å². The molecule has 15 heavy (non-hydrogen) atoms. The van der Waals surface area contributed by atoms with Gasteiger partial charge in [-0.05, 0) is 13.3 Å². The summed E-state index contributed by atoms with van der Waals surface area (Å²) < 4.78 is 5.25. The van der Waals surface area contributed by atoms with Crippen LogP contribution in [0.15, 0.2) is 0 Å². The van der Waals surface area contributed by atoms with E-state index in [2.05, 4.69) is 5.32 Å². The maximum absolute atomic E-state index is 11.6. The Balaban J connectivity index is 2.36. The highest BCUT2D eigenvalue weighted by Gasteiger charge is 2.30. The summed E-state index contributed by atoms with van der Waals surface area (Å²) >= 11 is 0. The van der Waals surface area contributed by atoms with E-state index in [9.17, 15) is 9.59 Å². The van der Waals surface area contributed by atoms with E-state index in [1.807, 2.05) is 6.92 Å². The van der Waals surface area contributed by atoms with Crippen LogP contribution in [0.5, 0.6) is 0 Å². The molecule has 0 radical (unpaired) electrons. The molecule has 86 valence electrons. The monoisotopic (exact) mass is 214 g/mol. The number of carbonyl (C=O) groups is 2. The number of nitrogens with zero attached hydrogens (tertiary/aromatic N) is 1. The van der Waals surface area contributed by atoms with Gasteiger partial charge in [-0.3, -0.25) is 19.8 Å². The first-order valence-corrected chi connectivity index (χ1v) is 5.32. The molecular weight excluding hydrogens is 196 g/mol. The number of amides is 2. The van der Waals surface area contributed by atoms with E-state index >= 15 is 0 Å². The van der Waals surface area contributed by atoms with Crippen LogP contribution in [-0.2, 0) is 14.3 Å². The lowest BCUT2D eigenvalue weighted by molar-refractivity contribution is -0.149. The lowest BCUT2D eigenvalue weighted by Crippen LogP contribution is -2.57. The molecule has 0 bridgehead atoms. The Hall–Kier alpha value is -0.940. The molecule has 1 heterocycles. The first kappa shape index (κ1) is 12.1. The minimum Gasteiger partial charge on any atom is -0.380 e. The smallest absolute Gasteiger partial charge is 0.246 e. The topological polar surface area (TPSA) is 58.6 Å². The molecule has 1 N–H and O–H groups in total. The van der Waals surface area contributed by atoms with Crippen molar-refractivity contribution in [2.45, 2.75) is 26.3 Å². The largest absolute Gasteiger partial charge is 0.380 e. The van der Waals surface area contributed by atoms with Crippen LogP contribution in [0.4, 0.5) is 0 Å². The quantitative estimate of drug-likeness (QED) is 0.507. The van der Waals surface area contributed by atoms with Gasteiger partial charge >= 0.3 is 0 Å². The van der Waals surface area contributed by atoms with Crippen LogP contribution in [0.1, 0.15) is 20.3 Å². The van der Waals surface area contributed by atoms with E-state index < -0.39 is 0 Å². The van der Waals surface area contributed by atoms with Crippen molar-refractivity contribution in [3.63, 3.8) is 0 Å². The zero-order valence-electron chi connectivity index (χ0n) is 9.28. The Kier molecular flexibility index (Phi) is 4.71. The van der Waals surface area contributed by atoms with Gasteiger partial charge in [0.05, 0.1) is 25.7 Å². The molecule has 5 heteroatoms. The van der Waals surface area contributed by atoms with Crippen LogP contribution in [0, 0.1) is 0 Å². The summed E-state index contributed by atoms with van der Waals surface area (Å²) in [5, 5.41) is 2.83. The van der Waals surface area contributed by atoms with Gasteiger partial charge in [0.15, 0.2) is 0 Å². The second-order valence-electron chi connectivity index (χ2n) is 3.60. The van der Waals surface area contributed by atoms with Crippen molar-refractivity contribution < 1.29 is 14.3 Å². The number of hydrogen-bond acceptors (Lipinski definition) is 4. The second-order valence-corrected chi connectivity index (χ2v) is 3.60. The highest BCUT2D eigenvalue weighted by atomic mass is 16.5. The molecule has 2 amide bonds. The van der Waals surface area contributed by atoms with Crippen LogP contribution in [-0.4, -0.2) is 49.1 Å². The molecule has 0 spiro atoms. The average Bonchev–Trinajstić information content (AvgIpc) is 2.23. The lowest BCUT2D eigenvalue weighted by Gasteiger charge is -2.29. The van der Waals surface area contributed by atoms with E-state index in [0.29, 0.717) is 19.8 Å². The van der Waals surface area contributed by atoms with Crippen molar-refractivity contribution >= 4 is 11.8 Å². The van der Waals surface area contributed by atoms with Crippen LogP contribution in [0.25, 0.3) is 0 Å². The Morgan fingerprint density at radius 3 is 2.87 bits per heavy atom. The zero-order valence-corrected chi connectivity index (χ0v) is 9.28. The van der Waals surface area contributed by atoms with Gasteiger partial charge in [0.25, 0.3) is 0 Å². The van der Waals surface area contributed by atoms with Gasteiger partial charge in [-0.1, -0.05) is 6.92 Å². The minimum atomic E-state index is -0.270. The van der Waals surface area contributed by atoms with Crippen molar-refractivity contribution in [1.82, 2.24) is 10.2 Å². The molecule has 0 aromatic carbocycles. The number of hydrogen-bond donors (Lipinski definition) is 1. The average molecular weight is 214 g/mol. The molecule has 0 aromatic heterocycles. The maximum Gasteiger partial charge on any atom is 0.246 e. The summed E-state index contributed by atoms with van der Waals surface area (Å²) in [6.07, 6.45) is 0.944. The lowest BCUT2D eigenvalue weighted by atomic mass is 10.2. The molecule has 0 saturated carbocycles. The van der Waals surface area contributed by atoms with Crippen molar-refractivity contribution in [2.75, 3.05) is 26.3 Å². The SMILES string of the molecule is CCCOCCN1C(=O)CNC(C)C1=O. The third kappa shape index (κ3) is 3.28. The molecule has 1 unspecified atom stereocenters. The molecule has 0 aliphatic carbocycles. The summed E-state index contributed by atoms with van der Waals surface area (Å²) in [6, 6.07) is -0.270. The predicted octanol–water partition coefficient (Wildman–Crippen LogP) is -0.240. The number of piperazine rings is 1. The molecule has 1 aliphatic heterocycles. The van der Waals surface area contributed by atoms with E-state index in [4.69, 9.17) is 4.74 Å². The zero-order chi connectivity index (χ0) is 11.3. The number of carbonyl (C=O) groups excluding carboxylic acids is 2. The molecule has 0 aromatic rings. The minimum absolute atomic E-state index is 0.161. The normalized spacial score (nSPS) is 22.3. The van der Waals surface area contributed by atoms with Crippen LogP contribution >= 0.6 is 0 Å². The van der Waals surface area contributed by atoms with Gasteiger partial charge in [-0.15, -0.1) is 0 Å².